The van der Waals surface area contributed by atoms with Crippen LogP contribution in [-0.2, 0) is 43.5 Å². The van der Waals surface area contributed by atoms with Crippen LogP contribution >= 0.6 is 15.6 Å². The maximum Gasteiger partial charge on any atom is 0.481 e. The second-order valence-electron chi connectivity index (χ2n) is 5.32. The fourth-order valence-corrected chi connectivity index (χ4v) is 4.15. The van der Waals surface area contributed by atoms with Gasteiger partial charge in [0.15, 0.2) is 7.85 Å². The number of nitrogens with zero attached hydrogens (tertiary/aromatic N) is 1. The summed E-state index contributed by atoms with van der Waals surface area (Å²) in [6, 6.07) is 5.84. The highest BCUT2D eigenvalue weighted by atomic mass is 31.3. The van der Waals surface area contributed by atoms with Crippen LogP contribution in [0.4, 0.5) is 5.69 Å². The lowest BCUT2D eigenvalue weighted by molar-refractivity contribution is -0.121. The van der Waals surface area contributed by atoms with Gasteiger partial charge in [0.25, 0.3) is 0 Å². The monoisotopic (exact) mass is 417 g/mol. The summed E-state index contributed by atoms with van der Waals surface area (Å²) in [5, 5.41) is 0. The molecule has 2 N–H and O–H groups in total. The van der Waals surface area contributed by atoms with Crippen molar-refractivity contribution in [2.45, 2.75) is 19.4 Å². The zero-order chi connectivity index (χ0) is 20.2. The molecule has 1 saturated heterocycles. The van der Waals surface area contributed by atoms with Crippen LogP contribution < -0.4 is 4.90 Å². The molecule has 2 amide bonds. The average Bonchev–Trinajstić information content (AvgIpc) is 2.89. The average molecular weight is 417 g/mol. The normalized spacial score (nSPS) is 19.0. The smallest absolute Gasteiger partial charge is 0.310 e. The second-order valence-corrected chi connectivity index (χ2v) is 8.37. The summed E-state index contributed by atoms with van der Waals surface area (Å²) < 4.78 is 35.9. The van der Waals surface area contributed by atoms with E-state index in [1.807, 2.05) is 0 Å². The summed E-state index contributed by atoms with van der Waals surface area (Å²) in [5.41, 5.74) is -0.553. The molecule has 144 valence electrons. The van der Waals surface area contributed by atoms with Gasteiger partial charge >= 0.3 is 15.6 Å². The number of phosphoric acid groups is 2. The molecule has 1 aliphatic heterocycles. The van der Waals surface area contributed by atoms with Gasteiger partial charge in [-0.3, -0.25) is 23.5 Å². The Morgan fingerprint density at radius 1 is 1.11 bits per heavy atom. The molecule has 1 heterocycles. The molecule has 2 unspecified atom stereocenters. The molecule has 1 aromatic rings. The first-order chi connectivity index (χ1) is 12.5. The number of hydrogen-bond acceptors (Lipinski definition) is 8. The third-order valence-corrected chi connectivity index (χ3v) is 5.75. The zero-order valence-electron chi connectivity index (χ0n) is 13.7. The largest absolute Gasteiger partial charge is 0.481 e. The SMILES string of the molecule is [B]C(=O)COP(=O)(O)OP(=O)(O)OCc1cccc(N2C(=O)CCC2=O)c1. The van der Waals surface area contributed by atoms with Gasteiger partial charge in [0.1, 0.15) is 12.3 Å². The van der Waals surface area contributed by atoms with Crippen molar-refractivity contribution in [1.29, 1.82) is 0 Å². The molecular weight excluding hydrogens is 403 g/mol. The van der Waals surface area contributed by atoms with Crippen LogP contribution in [0.3, 0.4) is 0 Å². The highest BCUT2D eigenvalue weighted by Gasteiger charge is 2.35. The van der Waals surface area contributed by atoms with Crippen molar-refractivity contribution in [1.82, 2.24) is 0 Å². The molecule has 1 fully saturated rings. The Morgan fingerprint density at radius 2 is 1.70 bits per heavy atom. The van der Waals surface area contributed by atoms with E-state index in [9.17, 15) is 33.3 Å². The fraction of sp³-hybridized carbons (Fsp3) is 0.308. The number of hydrogen-bond donors (Lipinski definition) is 2. The second kappa shape index (κ2) is 8.58. The van der Waals surface area contributed by atoms with Gasteiger partial charge < -0.3 is 14.6 Å². The van der Waals surface area contributed by atoms with Gasteiger partial charge in [-0.1, -0.05) is 12.1 Å². The van der Waals surface area contributed by atoms with E-state index in [1.54, 1.807) is 0 Å². The third kappa shape index (κ3) is 6.48. The van der Waals surface area contributed by atoms with Crippen LogP contribution in [0, 0.1) is 0 Å². The minimum Gasteiger partial charge on any atom is -0.310 e. The van der Waals surface area contributed by atoms with Crippen molar-refractivity contribution < 1.29 is 46.7 Å². The van der Waals surface area contributed by atoms with E-state index in [0.717, 1.165) is 4.90 Å². The van der Waals surface area contributed by atoms with Crippen molar-refractivity contribution in [2.24, 2.45) is 0 Å². The van der Waals surface area contributed by atoms with Crippen LogP contribution in [0.1, 0.15) is 18.4 Å². The summed E-state index contributed by atoms with van der Waals surface area (Å²) in [5.74, 6) is -0.746. The number of amides is 2. The molecule has 2 atom stereocenters. The number of rotatable bonds is 9. The number of carbonyl (C=O) groups is 3. The fourth-order valence-electron chi connectivity index (χ4n) is 2.13. The molecule has 0 spiro atoms. The Bertz CT molecular complexity index is 843. The summed E-state index contributed by atoms with van der Waals surface area (Å²) in [4.78, 5) is 53.7. The molecule has 1 aromatic carbocycles. The first-order valence-corrected chi connectivity index (χ1v) is 10.4. The molecule has 14 heteroatoms. The Morgan fingerprint density at radius 3 is 2.30 bits per heavy atom. The highest BCUT2D eigenvalue weighted by molar-refractivity contribution is 7.61. The molecule has 0 aliphatic carbocycles. The van der Waals surface area contributed by atoms with Crippen molar-refractivity contribution in [3.63, 3.8) is 0 Å². The summed E-state index contributed by atoms with van der Waals surface area (Å²) in [6.07, 6.45) is 0.187. The van der Waals surface area contributed by atoms with Gasteiger partial charge in [-0.2, -0.15) is 4.31 Å². The van der Waals surface area contributed by atoms with Crippen LogP contribution in [0.15, 0.2) is 24.3 Å². The number of phosphoric ester groups is 2. The lowest BCUT2D eigenvalue weighted by atomic mass is 10.1. The van der Waals surface area contributed by atoms with E-state index in [-0.39, 0.29) is 35.9 Å². The number of carbonyl (C=O) groups excluding carboxylic acids is 3. The van der Waals surface area contributed by atoms with E-state index >= 15 is 0 Å². The maximum absolute atomic E-state index is 11.8. The molecule has 2 rings (SSSR count). The summed E-state index contributed by atoms with van der Waals surface area (Å²) in [7, 11) is -5.39. The van der Waals surface area contributed by atoms with Gasteiger partial charge in [-0.15, -0.1) is 0 Å². The van der Waals surface area contributed by atoms with Crippen LogP contribution in [0.5, 0.6) is 0 Å². The summed E-state index contributed by atoms with van der Waals surface area (Å²) in [6.45, 7) is -1.55. The molecular formula is C13H14BNO10P2. The topological polar surface area (TPSA) is 157 Å². The number of imide groups is 1. The maximum atomic E-state index is 11.8. The minimum absolute atomic E-state index is 0.0936. The molecule has 27 heavy (non-hydrogen) atoms. The first-order valence-electron chi connectivity index (χ1n) is 7.38. The highest BCUT2D eigenvalue weighted by Crippen LogP contribution is 2.60. The Labute approximate surface area is 154 Å². The van der Waals surface area contributed by atoms with Crippen molar-refractivity contribution in [2.75, 3.05) is 11.5 Å². The molecule has 0 saturated carbocycles. The van der Waals surface area contributed by atoms with Gasteiger partial charge in [0.2, 0.25) is 11.8 Å². The lowest BCUT2D eigenvalue weighted by Crippen LogP contribution is -2.28. The summed E-state index contributed by atoms with van der Waals surface area (Å²) >= 11 is 0. The van der Waals surface area contributed by atoms with Crippen molar-refractivity contribution in [3.8, 4) is 0 Å². The van der Waals surface area contributed by atoms with Gasteiger partial charge in [0.05, 0.1) is 12.3 Å². The number of benzene rings is 1. The van der Waals surface area contributed by atoms with Crippen LogP contribution in [0.25, 0.3) is 0 Å². The van der Waals surface area contributed by atoms with E-state index in [0.29, 0.717) is 0 Å². The molecule has 0 aromatic heterocycles. The predicted molar refractivity (Wildman–Crippen MR) is 90.4 cm³/mol. The minimum atomic E-state index is -5.07. The Balaban J connectivity index is 2.01. The quantitative estimate of drug-likeness (QED) is 0.334. The Hall–Kier alpha value is -1.65. The molecule has 11 nitrogen and oxygen atoms in total. The van der Waals surface area contributed by atoms with E-state index in [1.165, 1.54) is 24.3 Å². The van der Waals surface area contributed by atoms with E-state index in [2.05, 4.69) is 13.4 Å². The van der Waals surface area contributed by atoms with Gasteiger partial charge in [-0.25, -0.2) is 9.13 Å². The van der Waals surface area contributed by atoms with Crippen molar-refractivity contribution in [3.05, 3.63) is 29.8 Å². The van der Waals surface area contributed by atoms with E-state index < -0.39 is 34.5 Å². The van der Waals surface area contributed by atoms with Crippen LogP contribution in [-0.4, -0.2) is 41.7 Å². The standard InChI is InChI=1S/C13H14BNO10P2/c14-11(16)8-24-27(21,22)25-26(19,20)23-7-9-2-1-3-10(6-9)15-12(17)4-5-13(15)18/h1-3,6H,4-5,7-8H2,(H,19,20)(H,21,22). The molecule has 0 bridgehead atoms. The third-order valence-electron chi connectivity index (χ3n) is 3.19. The lowest BCUT2D eigenvalue weighted by Gasteiger charge is -2.17. The predicted octanol–water partition coefficient (Wildman–Crippen LogP) is 0.786. The molecule has 1 aliphatic rings. The van der Waals surface area contributed by atoms with Gasteiger partial charge in [-0.05, 0) is 17.7 Å². The van der Waals surface area contributed by atoms with Crippen molar-refractivity contribution >= 4 is 46.7 Å². The molecule has 2 radical (unpaired) electrons. The first kappa shape index (κ1) is 21.7. The zero-order valence-corrected chi connectivity index (χ0v) is 15.5. The van der Waals surface area contributed by atoms with Crippen LogP contribution in [0.2, 0.25) is 0 Å². The van der Waals surface area contributed by atoms with E-state index in [4.69, 9.17) is 7.85 Å². The Kier molecular flexibility index (Phi) is 6.88. The van der Waals surface area contributed by atoms with Gasteiger partial charge in [0, 0.05) is 12.8 Å². The number of anilines is 1.